The van der Waals surface area contributed by atoms with Crippen LogP contribution in [0.3, 0.4) is 0 Å². The highest BCUT2D eigenvalue weighted by Crippen LogP contribution is 2.64. The van der Waals surface area contributed by atoms with Crippen molar-refractivity contribution in [2.24, 2.45) is 0 Å². The highest BCUT2D eigenvalue weighted by atomic mass is 79.9. The zero-order chi connectivity index (χ0) is 10.5. The molecule has 0 bridgehead atoms. The van der Waals surface area contributed by atoms with Crippen LogP contribution in [-0.2, 0) is 5.11 Å². The number of rotatable bonds is 0. The maximum Gasteiger partial charge on any atom is 0.185 e. The van der Waals surface area contributed by atoms with Crippen LogP contribution in [0.1, 0.15) is 12.8 Å². The second kappa shape index (κ2) is 4.15. The van der Waals surface area contributed by atoms with Crippen LogP contribution in [0.15, 0.2) is 0 Å². The quantitative estimate of drug-likeness (QED) is 0.400. The zero-order valence-electron chi connectivity index (χ0n) is 6.17. The Hall–Kier alpha value is 2.65. The molecule has 2 atom stereocenters. The Labute approximate surface area is 124 Å². The lowest BCUT2D eigenvalue weighted by Crippen LogP contribution is -2.58. The predicted octanol–water partition coefficient (Wildman–Crippen LogP) is 4.88. The van der Waals surface area contributed by atoms with Crippen molar-refractivity contribution in [1.82, 2.24) is 0 Å². The molecule has 13 heavy (non-hydrogen) atoms. The van der Waals surface area contributed by atoms with E-state index in [1.165, 1.54) is 0 Å². The highest BCUT2D eigenvalue weighted by molar-refractivity contribution is 9.31. The molecule has 1 aliphatic carbocycles. The lowest BCUT2D eigenvalue weighted by atomic mass is 9.96. The largest absolute Gasteiger partial charge is 0.214 e. The molecule has 0 aromatic heterocycles. The number of hydrogen-bond donors (Lipinski definition) is 0. The Balaban J connectivity index is 3.07. The first-order valence-electron chi connectivity index (χ1n) is 3.42. The van der Waals surface area contributed by atoms with Gasteiger partial charge in [-0.1, -0.05) is 63.7 Å². The fraction of sp³-hybridized carbons (Fsp3) is 1.00. The molecule has 1 fully saturated rings. The van der Waals surface area contributed by atoms with Crippen LogP contribution in [0.25, 0.3) is 0 Å². The summed E-state index contributed by atoms with van der Waals surface area (Å²) in [6.45, 7) is 0. The molecule has 0 saturated heterocycles. The van der Waals surface area contributed by atoms with E-state index in [0.29, 0.717) is 12.8 Å². The van der Waals surface area contributed by atoms with Crippen LogP contribution >= 0.6 is 91.3 Å². The average molecular weight is 528 g/mol. The third-order valence-corrected chi connectivity index (χ3v) is 12.1. The molecule has 0 spiro atoms. The fourth-order valence-electron chi connectivity index (χ4n) is 1.10. The van der Waals surface area contributed by atoms with Crippen molar-refractivity contribution in [3.63, 3.8) is 0 Å². The van der Waals surface area contributed by atoms with E-state index < -0.39 is 11.0 Å². The summed E-state index contributed by atoms with van der Waals surface area (Å²) in [4.78, 5) is 0. The Morgan fingerprint density at radius 3 is 2.00 bits per heavy atom. The molecule has 1 aliphatic rings. The summed E-state index contributed by atoms with van der Waals surface area (Å²) in [6, 6.07) is 0. The predicted molar refractivity (Wildman–Crippen MR) is 72.4 cm³/mol. The van der Waals surface area contributed by atoms with Crippen molar-refractivity contribution in [1.29, 1.82) is 0 Å². The van der Waals surface area contributed by atoms with Crippen molar-refractivity contribution in [3.05, 3.63) is 0 Å². The van der Waals surface area contributed by atoms with Crippen molar-refractivity contribution >= 4 is 91.3 Å². The van der Waals surface area contributed by atoms with Gasteiger partial charge in [0.25, 0.3) is 0 Å². The van der Waals surface area contributed by atoms with Gasteiger partial charge >= 0.3 is 0 Å². The summed E-state index contributed by atoms with van der Waals surface area (Å²) in [7, 11) is 0. The fourth-order valence-corrected chi connectivity index (χ4v) is 4.75. The minimum absolute atomic E-state index is 0.161. The van der Waals surface area contributed by atoms with Gasteiger partial charge in [-0.25, -0.2) is 5.11 Å². The smallest absolute Gasteiger partial charge is 0.185 e. The number of halogens is 6. The first-order chi connectivity index (χ1) is 5.63. The number of hydrogen-bond acceptors (Lipinski definition) is 0. The van der Waals surface area contributed by atoms with Gasteiger partial charge in [0, 0.05) is 0 Å². The maximum atomic E-state index is 12.0. The lowest BCUT2D eigenvalue weighted by molar-refractivity contribution is 0.0314. The van der Waals surface area contributed by atoms with Gasteiger partial charge in [0.1, 0.15) is 6.47 Å². The minimum atomic E-state index is -1.29. The monoisotopic (exact) mass is 523 g/mol. The lowest BCUT2D eigenvalue weighted by Gasteiger charge is -2.48. The van der Waals surface area contributed by atoms with Crippen LogP contribution in [0.5, 0.6) is 0 Å². The van der Waals surface area contributed by atoms with E-state index in [-0.39, 0.29) is 5.38 Å². The standard InChI is InChI=1S/C6H5Br5ClO/c7-4(13)2-1-3(12)5(8,9)6(4,10)11/h3H,1-2H2. The molecular formula is C6H5Br5ClO. The summed E-state index contributed by atoms with van der Waals surface area (Å²) in [5, 5.41) is 11.9. The van der Waals surface area contributed by atoms with E-state index in [9.17, 15) is 5.11 Å². The van der Waals surface area contributed by atoms with E-state index in [2.05, 4.69) is 79.6 Å². The molecule has 7 heteroatoms. The van der Waals surface area contributed by atoms with Crippen LogP contribution in [0, 0.1) is 0 Å². The second-order valence-electron chi connectivity index (χ2n) is 2.93. The van der Waals surface area contributed by atoms with Crippen molar-refractivity contribution < 1.29 is 5.11 Å². The summed E-state index contributed by atoms with van der Waals surface area (Å²) in [5.41, 5.74) is 0. The molecule has 77 valence electrons. The van der Waals surface area contributed by atoms with E-state index in [1.807, 2.05) is 0 Å². The molecular weight excluding hydrogens is 523 g/mol. The summed E-state index contributed by atoms with van der Waals surface area (Å²) in [6.07, 6.45) is 1.10. The zero-order valence-corrected chi connectivity index (χ0v) is 14.9. The molecule has 0 heterocycles. The Morgan fingerprint density at radius 2 is 1.62 bits per heavy atom. The molecule has 1 rings (SSSR count). The van der Waals surface area contributed by atoms with Crippen LogP contribution in [0.2, 0.25) is 0 Å². The second-order valence-corrected chi connectivity index (χ2v) is 11.7. The molecule has 1 saturated carbocycles. The number of alkyl halides is 6. The highest BCUT2D eigenvalue weighted by Gasteiger charge is 2.64. The Bertz CT molecular complexity index is 217. The first-order valence-corrected chi connectivity index (χ1v) is 7.82. The van der Waals surface area contributed by atoms with Gasteiger partial charge in [0.2, 0.25) is 0 Å². The molecule has 0 aliphatic heterocycles. The molecule has 2 unspecified atom stereocenters. The third-order valence-electron chi connectivity index (χ3n) is 2.00. The van der Waals surface area contributed by atoms with Crippen LogP contribution < -0.4 is 0 Å². The topological polar surface area (TPSA) is 19.9 Å². The molecule has 0 N–H and O–H groups in total. The van der Waals surface area contributed by atoms with Gasteiger partial charge in [-0.2, -0.15) is 0 Å². The van der Waals surface area contributed by atoms with Gasteiger partial charge in [0.05, 0.1) is 5.38 Å². The Morgan fingerprint density at radius 1 is 1.15 bits per heavy atom. The summed E-state index contributed by atoms with van der Waals surface area (Å²) >= 11 is 22.8. The average Bonchev–Trinajstić information content (AvgIpc) is 1.97. The normalized spacial score (nSPS) is 43.2. The van der Waals surface area contributed by atoms with E-state index in [4.69, 9.17) is 11.6 Å². The molecule has 0 aromatic rings. The first kappa shape index (κ1) is 13.7. The van der Waals surface area contributed by atoms with E-state index >= 15 is 0 Å². The van der Waals surface area contributed by atoms with Gasteiger partial charge < -0.3 is 0 Å². The third kappa shape index (κ3) is 2.20. The van der Waals surface area contributed by atoms with Crippen molar-refractivity contribution in [2.45, 2.75) is 29.2 Å². The Kier molecular flexibility index (Phi) is 4.38. The minimum Gasteiger partial charge on any atom is -0.214 e. The van der Waals surface area contributed by atoms with Gasteiger partial charge in [-0.15, -0.1) is 11.6 Å². The summed E-state index contributed by atoms with van der Waals surface area (Å²) in [5.74, 6) is 0. The maximum absolute atomic E-state index is 12.0. The molecule has 1 nitrogen and oxygen atoms in total. The van der Waals surface area contributed by atoms with Gasteiger partial charge in [0.15, 0.2) is 4.51 Å². The summed E-state index contributed by atoms with van der Waals surface area (Å²) < 4.78 is -2.83. The van der Waals surface area contributed by atoms with Crippen LogP contribution in [0.4, 0.5) is 0 Å². The molecule has 1 radical (unpaired) electrons. The van der Waals surface area contributed by atoms with Crippen molar-refractivity contribution in [2.75, 3.05) is 0 Å². The van der Waals surface area contributed by atoms with Crippen LogP contribution in [-0.4, -0.2) is 16.4 Å². The van der Waals surface area contributed by atoms with Gasteiger partial charge in [-0.3, -0.25) is 0 Å². The van der Waals surface area contributed by atoms with Crippen molar-refractivity contribution in [3.8, 4) is 0 Å². The van der Waals surface area contributed by atoms with E-state index in [1.54, 1.807) is 0 Å². The van der Waals surface area contributed by atoms with Gasteiger partial charge in [-0.05, 0) is 28.8 Å². The molecule has 0 amide bonds. The molecule has 0 aromatic carbocycles. The SMILES string of the molecule is [O]C1(Br)CCC(Cl)C(Br)(Br)C1(Br)Br. The van der Waals surface area contributed by atoms with E-state index in [0.717, 1.165) is 0 Å².